The molecule has 1 fully saturated rings. The van der Waals surface area contributed by atoms with E-state index in [1.54, 1.807) is 11.9 Å². The van der Waals surface area contributed by atoms with E-state index >= 15 is 0 Å². The molecule has 0 radical (unpaired) electrons. The van der Waals surface area contributed by atoms with Crippen molar-refractivity contribution in [2.75, 3.05) is 13.6 Å². The first-order valence-corrected chi connectivity index (χ1v) is 9.19. The Morgan fingerprint density at radius 2 is 1.72 bits per heavy atom. The summed E-state index contributed by atoms with van der Waals surface area (Å²) in [6, 6.07) is 15.5. The van der Waals surface area contributed by atoms with E-state index in [2.05, 4.69) is 15.9 Å². The van der Waals surface area contributed by atoms with Gasteiger partial charge < -0.3 is 9.80 Å². The van der Waals surface area contributed by atoms with Gasteiger partial charge in [0.15, 0.2) is 0 Å². The van der Waals surface area contributed by atoms with Crippen molar-refractivity contribution in [1.29, 1.82) is 0 Å². The fourth-order valence-electron chi connectivity index (χ4n) is 3.00. The third-order valence-electron chi connectivity index (χ3n) is 4.43. The first-order chi connectivity index (χ1) is 12.0. The zero-order valence-electron chi connectivity index (χ0n) is 14.2. The number of rotatable bonds is 5. The molecular weight excluding hydrogens is 380 g/mol. The summed E-state index contributed by atoms with van der Waals surface area (Å²) in [5.41, 5.74) is 2.81. The van der Waals surface area contributed by atoms with Crippen molar-refractivity contribution in [2.24, 2.45) is 0 Å². The second kappa shape index (κ2) is 7.83. The molecule has 0 saturated carbocycles. The molecule has 2 amide bonds. The van der Waals surface area contributed by atoms with E-state index in [4.69, 9.17) is 0 Å². The highest BCUT2D eigenvalue weighted by Crippen LogP contribution is 2.16. The van der Waals surface area contributed by atoms with Gasteiger partial charge in [0.05, 0.1) is 0 Å². The standard InChI is InChI=1S/C20H21BrN2O2/c1-22(13-15-6-10-18(21)11-7-15)20(25)17-8-4-16(5-9-17)14-23-12-2-3-19(23)24/h4-11H,2-3,12-14H2,1H3. The van der Waals surface area contributed by atoms with Crippen LogP contribution in [0.5, 0.6) is 0 Å². The van der Waals surface area contributed by atoms with Crippen LogP contribution in [0.2, 0.25) is 0 Å². The number of amides is 2. The molecule has 1 heterocycles. The van der Waals surface area contributed by atoms with Gasteiger partial charge in [-0.25, -0.2) is 0 Å². The number of carbonyl (C=O) groups is 2. The average molecular weight is 401 g/mol. The summed E-state index contributed by atoms with van der Waals surface area (Å²) in [6.07, 6.45) is 1.59. The summed E-state index contributed by atoms with van der Waals surface area (Å²) >= 11 is 3.41. The second-order valence-electron chi connectivity index (χ2n) is 6.40. The van der Waals surface area contributed by atoms with E-state index in [0.29, 0.717) is 25.1 Å². The Kier molecular flexibility index (Phi) is 5.53. The number of hydrogen-bond donors (Lipinski definition) is 0. The van der Waals surface area contributed by atoms with E-state index < -0.39 is 0 Å². The van der Waals surface area contributed by atoms with Gasteiger partial charge in [0, 0.05) is 43.1 Å². The minimum absolute atomic E-state index is 0.00767. The Bertz CT molecular complexity index is 756. The Morgan fingerprint density at radius 1 is 1.08 bits per heavy atom. The summed E-state index contributed by atoms with van der Waals surface area (Å²) in [6.45, 7) is 2.02. The SMILES string of the molecule is CN(Cc1ccc(Br)cc1)C(=O)c1ccc(CN2CCCC2=O)cc1. The molecule has 3 rings (SSSR count). The number of benzene rings is 2. The van der Waals surface area contributed by atoms with Gasteiger partial charge in [0.2, 0.25) is 5.91 Å². The van der Waals surface area contributed by atoms with Gasteiger partial charge in [-0.15, -0.1) is 0 Å². The summed E-state index contributed by atoms with van der Waals surface area (Å²) in [4.78, 5) is 27.9. The second-order valence-corrected chi connectivity index (χ2v) is 7.32. The van der Waals surface area contributed by atoms with Crippen LogP contribution in [0.4, 0.5) is 0 Å². The number of hydrogen-bond acceptors (Lipinski definition) is 2. The molecule has 0 bridgehead atoms. The molecule has 2 aromatic carbocycles. The van der Waals surface area contributed by atoms with E-state index in [1.807, 2.05) is 53.4 Å². The van der Waals surface area contributed by atoms with Crippen molar-refractivity contribution < 1.29 is 9.59 Å². The molecule has 0 N–H and O–H groups in total. The Labute approximate surface area is 156 Å². The summed E-state index contributed by atoms with van der Waals surface area (Å²) in [5.74, 6) is 0.209. The molecule has 2 aromatic rings. The van der Waals surface area contributed by atoms with E-state index in [0.717, 1.165) is 28.6 Å². The van der Waals surface area contributed by atoms with Crippen LogP contribution in [0.25, 0.3) is 0 Å². The van der Waals surface area contributed by atoms with Crippen molar-refractivity contribution in [3.05, 3.63) is 69.7 Å². The van der Waals surface area contributed by atoms with Crippen LogP contribution in [0.1, 0.15) is 34.3 Å². The van der Waals surface area contributed by atoms with Crippen molar-refractivity contribution in [2.45, 2.75) is 25.9 Å². The molecule has 0 aliphatic carbocycles. The lowest BCUT2D eigenvalue weighted by molar-refractivity contribution is -0.128. The maximum Gasteiger partial charge on any atom is 0.253 e. The highest BCUT2D eigenvalue weighted by atomic mass is 79.9. The third-order valence-corrected chi connectivity index (χ3v) is 4.95. The Hall–Kier alpha value is -2.14. The van der Waals surface area contributed by atoms with Gasteiger partial charge >= 0.3 is 0 Å². The molecule has 130 valence electrons. The molecule has 0 unspecified atom stereocenters. The van der Waals surface area contributed by atoms with Crippen LogP contribution >= 0.6 is 15.9 Å². The zero-order valence-corrected chi connectivity index (χ0v) is 15.8. The van der Waals surface area contributed by atoms with Crippen molar-refractivity contribution in [3.63, 3.8) is 0 Å². The maximum atomic E-state index is 12.6. The molecule has 1 saturated heterocycles. The predicted molar refractivity (Wildman–Crippen MR) is 101 cm³/mol. The molecule has 0 atom stereocenters. The first kappa shape index (κ1) is 17.7. The van der Waals surface area contributed by atoms with Gasteiger partial charge in [-0.05, 0) is 41.8 Å². The van der Waals surface area contributed by atoms with Crippen LogP contribution in [0, 0.1) is 0 Å². The number of halogens is 1. The summed E-state index contributed by atoms with van der Waals surface area (Å²) < 4.78 is 1.03. The average Bonchev–Trinajstić information content (AvgIpc) is 3.02. The van der Waals surface area contributed by atoms with Crippen molar-refractivity contribution in [1.82, 2.24) is 9.80 Å². The summed E-state index contributed by atoms with van der Waals surface area (Å²) in [7, 11) is 1.81. The normalized spacial score (nSPS) is 14.0. The monoisotopic (exact) mass is 400 g/mol. The van der Waals surface area contributed by atoms with E-state index in [9.17, 15) is 9.59 Å². The number of nitrogens with zero attached hydrogens (tertiary/aromatic N) is 2. The minimum Gasteiger partial charge on any atom is -0.338 e. The highest BCUT2D eigenvalue weighted by molar-refractivity contribution is 9.10. The largest absolute Gasteiger partial charge is 0.338 e. The fraction of sp³-hybridized carbons (Fsp3) is 0.300. The van der Waals surface area contributed by atoms with Crippen molar-refractivity contribution in [3.8, 4) is 0 Å². The van der Waals surface area contributed by atoms with Crippen LogP contribution < -0.4 is 0 Å². The first-order valence-electron chi connectivity index (χ1n) is 8.39. The van der Waals surface area contributed by atoms with Gasteiger partial charge in [0.25, 0.3) is 5.91 Å². The smallest absolute Gasteiger partial charge is 0.253 e. The Morgan fingerprint density at radius 3 is 2.32 bits per heavy atom. The molecule has 0 spiro atoms. The lowest BCUT2D eigenvalue weighted by atomic mass is 10.1. The number of carbonyl (C=O) groups excluding carboxylic acids is 2. The van der Waals surface area contributed by atoms with Gasteiger partial charge in [-0.2, -0.15) is 0 Å². The lowest BCUT2D eigenvalue weighted by Crippen LogP contribution is -2.26. The van der Waals surface area contributed by atoms with Crippen molar-refractivity contribution >= 4 is 27.7 Å². The third kappa shape index (κ3) is 4.48. The molecule has 1 aliphatic heterocycles. The maximum absolute atomic E-state index is 12.6. The van der Waals surface area contributed by atoms with Crippen LogP contribution in [-0.4, -0.2) is 35.2 Å². The van der Waals surface area contributed by atoms with Gasteiger partial charge in [-0.3, -0.25) is 9.59 Å². The molecule has 4 nitrogen and oxygen atoms in total. The van der Waals surface area contributed by atoms with Crippen LogP contribution in [0.15, 0.2) is 53.0 Å². The summed E-state index contributed by atoms with van der Waals surface area (Å²) in [5, 5.41) is 0. The highest BCUT2D eigenvalue weighted by Gasteiger charge is 2.20. The minimum atomic E-state index is -0.00767. The van der Waals surface area contributed by atoms with E-state index in [1.165, 1.54) is 0 Å². The van der Waals surface area contributed by atoms with Gasteiger partial charge in [-0.1, -0.05) is 40.2 Å². The zero-order chi connectivity index (χ0) is 17.8. The topological polar surface area (TPSA) is 40.6 Å². The number of likely N-dealkylation sites (tertiary alicyclic amines) is 1. The van der Waals surface area contributed by atoms with E-state index in [-0.39, 0.29) is 11.8 Å². The van der Waals surface area contributed by atoms with Crippen LogP contribution in [0.3, 0.4) is 0 Å². The molecule has 0 aromatic heterocycles. The van der Waals surface area contributed by atoms with Crippen LogP contribution in [-0.2, 0) is 17.9 Å². The molecule has 5 heteroatoms. The van der Waals surface area contributed by atoms with Gasteiger partial charge in [0.1, 0.15) is 0 Å². The quantitative estimate of drug-likeness (QED) is 0.764. The molecular formula is C20H21BrN2O2. The molecule has 1 aliphatic rings. The fourth-order valence-corrected chi connectivity index (χ4v) is 3.26. The predicted octanol–water partition coefficient (Wildman–Crippen LogP) is 3.84. The Balaban J connectivity index is 1.61. The molecule has 25 heavy (non-hydrogen) atoms. The lowest BCUT2D eigenvalue weighted by Gasteiger charge is -2.18.